The molecule has 3 heterocycles. The first-order valence-electron chi connectivity index (χ1n) is 11.6. The Kier molecular flexibility index (Phi) is 5.71. The molecule has 0 fully saturated rings. The number of hydrogen-bond acceptors (Lipinski definition) is 7. The van der Waals surface area contributed by atoms with E-state index < -0.39 is 28.5 Å². The molecule has 0 aliphatic carbocycles. The summed E-state index contributed by atoms with van der Waals surface area (Å²) in [4.78, 5) is 43.8. The number of ketones is 1. The molecule has 0 spiro atoms. The van der Waals surface area contributed by atoms with E-state index in [2.05, 4.69) is 9.97 Å². The third kappa shape index (κ3) is 4.29. The molecule has 1 aliphatic heterocycles. The molecule has 4 N–H and O–H groups in total. The van der Waals surface area contributed by atoms with Gasteiger partial charge in [0.25, 0.3) is 0 Å². The monoisotopic (exact) mass is 505 g/mol. The summed E-state index contributed by atoms with van der Waals surface area (Å²) in [5.41, 5.74) is 5.58. The van der Waals surface area contributed by atoms with Crippen LogP contribution in [0.3, 0.4) is 0 Å². The highest BCUT2D eigenvalue weighted by Gasteiger charge is 2.45. The smallest absolute Gasteiger partial charge is 0.417 e. The van der Waals surface area contributed by atoms with Gasteiger partial charge in [-0.3, -0.25) is 14.6 Å². The van der Waals surface area contributed by atoms with Crippen LogP contribution in [0.5, 0.6) is 5.75 Å². The van der Waals surface area contributed by atoms with Gasteiger partial charge in [-0.25, -0.2) is 14.2 Å². The summed E-state index contributed by atoms with van der Waals surface area (Å²) >= 11 is 0. The minimum absolute atomic E-state index is 0.00377. The van der Waals surface area contributed by atoms with Crippen LogP contribution in [0.2, 0.25) is 0 Å². The van der Waals surface area contributed by atoms with Gasteiger partial charge < -0.3 is 20.0 Å². The zero-order valence-electron chi connectivity index (χ0n) is 20.1. The highest BCUT2D eigenvalue weighted by atomic mass is 19.1. The van der Waals surface area contributed by atoms with E-state index in [4.69, 9.17) is 14.9 Å². The van der Waals surface area contributed by atoms with Gasteiger partial charge in [-0.15, -0.1) is 0 Å². The number of ether oxygens (including phenoxy) is 1. The van der Waals surface area contributed by atoms with E-state index in [-0.39, 0.29) is 30.9 Å². The second kappa shape index (κ2) is 8.67. The fraction of sp³-hybridized carbons (Fsp3) is 0.259. The summed E-state index contributed by atoms with van der Waals surface area (Å²) in [5.74, 6) is -1.56. The van der Waals surface area contributed by atoms with Crippen LogP contribution < -0.4 is 16.2 Å². The molecule has 4 aromatic rings. The number of carbonyl (C=O) groups excluding carboxylic acids is 2. The molecule has 37 heavy (non-hydrogen) atoms. The number of rotatable bonds is 7. The average Bonchev–Trinajstić information content (AvgIpc) is 3.41. The summed E-state index contributed by atoms with van der Waals surface area (Å²) < 4.78 is 24.4. The van der Waals surface area contributed by atoms with Gasteiger partial charge in [-0.05, 0) is 68.8 Å². The van der Waals surface area contributed by atoms with Gasteiger partial charge in [0.2, 0.25) is 5.91 Å². The largest absolute Gasteiger partial charge is 0.489 e. The predicted octanol–water partition coefficient (Wildman–Crippen LogP) is 3.33. The molecular weight excluding hydrogens is 481 g/mol. The molecule has 0 bridgehead atoms. The average molecular weight is 506 g/mol. The zero-order valence-corrected chi connectivity index (χ0v) is 20.1. The Morgan fingerprint density at radius 1 is 1.22 bits per heavy atom. The van der Waals surface area contributed by atoms with E-state index in [0.717, 1.165) is 0 Å². The van der Waals surface area contributed by atoms with E-state index in [9.17, 15) is 23.9 Å². The maximum atomic E-state index is 13.6. The second-order valence-electron chi connectivity index (χ2n) is 9.65. The molecule has 190 valence electrons. The normalized spacial score (nSPS) is 18.3. The molecule has 2 aromatic heterocycles. The van der Waals surface area contributed by atoms with E-state index in [1.54, 1.807) is 19.1 Å². The number of pyridine rings is 1. The number of amides is 1. The minimum atomic E-state index is -1.57. The summed E-state index contributed by atoms with van der Waals surface area (Å²) in [6, 6.07) is 11.8. The molecular formula is C27H24FN3O6. The number of nitrogens with two attached hydrogens (primary N) is 1. The van der Waals surface area contributed by atoms with Crippen LogP contribution >= 0.6 is 0 Å². The number of oxazole rings is 1. The maximum absolute atomic E-state index is 13.6. The van der Waals surface area contributed by atoms with Crippen LogP contribution in [-0.2, 0) is 15.8 Å². The molecule has 1 amide bonds. The van der Waals surface area contributed by atoms with Crippen LogP contribution in [0, 0.1) is 5.82 Å². The Hall–Kier alpha value is -4.31. The molecule has 2 atom stereocenters. The van der Waals surface area contributed by atoms with Gasteiger partial charge in [0.15, 0.2) is 11.4 Å². The van der Waals surface area contributed by atoms with Crippen molar-refractivity contribution < 1.29 is 28.2 Å². The van der Waals surface area contributed by atoms with Crippen LogP contribution in [0.15, 0.2) is 57.7 Å². The van der Waals surface area contributed by atoms with Crippen molar-refractivity contribution in [1.29, 1.82) is 0 Å². The molecule has 2 aromatic carbocycles. The lowest BCUT2D eigenvalue weighted by molar-refractivity contribution is -0.123. The lowest BCUT2D eigenvalue weighted by atomic mass is 9.81. The number of H-pyrrole nitrogens is 1. The standard InChI is InChI=1S/C27H24FN3O6/c1-26(24(29)33)13-36-23-17(26)12-21(31-22(23)14-3-6-16(28)7-4-14)27(2,35)10-9-19(32)15-5-8-20-18(11-15)30-25(34)37-20/h3-8,11-12,35H,9-10,13H2,1-2H3,(H2,29,33)(H,30,34)/t26-,27-/m0/s1. The van der Waals surface area contributed by atoms with Crippen molar-refractivity contribution >= 4 is 22.8 Å². The molecule has 9 nitrogen and oxygen atoms in total. The highest BCUT2D eigenvalue weighted by Crippen LogP contribution is 2.45. The van der Waals surface area contributed by atoms with Crippen molar-refractivity contribution in [2.75, 3.05) is 6.61 Å². The number of fused-ring (bicyclic) bond motifs is 2. The van der Waals surface area contributed by atoms with Crippen molar-refractivity contribution in [3.8, 4) is 17.0 Å². The molecule has 5 rings (SSSR count). The second-order valence-corrected chi connectivity index (χ2v) is 9.65. The number of primary amides is 1. The topological polar surface area (TPSA) is 149 Å². The van der Waals surface area contributed by atoms with E-state index in [1.807, 2.05) is 0 Å². The third-order valence-corrected chi connectivity index (χ3v) is 6.87. The summed E-state index contributed by atoms with van der Waals surface area (Å²) in [7, 11) is 0. The maximum Gasteiger partial charge on any atom is 0.417 e. The van der Waals surface area contributed by atoms with Gasteiger partial charge >= 0.3 is 5.76 Å². The molecule has 0 saturated carbocycles. The van der Waals surface area contributed by atoms with Crippen LogP contribution in [0.25, 0.3) is 22.4 Å². The number of nitrogens with one attached hydrogen (secondary N) is 1. The lowest BCUT2D eigenvalue weighted by Gasteiger charge is -2.26. The zero-order chi connectivity index (χ0) is 26.5. The van der Waals surface area contributed by atoms with Crippen molar-refractivity contribution in [2.45, 2.75) is 37.7 Å². The molecule has 1 aliphatic rings. The number of carbonyl (C=O) groups is 2. The van der Waals surface area contributed by atoms with Crippen LogP contribution in [-0.4, -0.2) is 33.4 Å². The molecule has 0 radical (unpaired) electrons. The van der Waals surface area contributed by atoms with E-state index in [0.29, 0.717) is 39.2 Å². The number of halogens is 1. The van der Waals surface area contributed by atoms with E-state index in [1.165, 1.54) is 43.3 Å². The van der Waals surface area contributed by atoms with Gasteiger partial charge in [0.1, 0.15) is 34.9 Å². The number of nitrogens with zero attached hydrogens (tertiary/aromatic N) is 1. The first-order chi connectivity index (χ1) is 17.5. The molecule has 0 unspecified atom stereocenters. The van der Waals surface area contributed by atoms with Crippen LogP contribution in [0.1, 0.15) is 48.3 Å². The van der Waals surface area contributed by atoms with Gasteiger partial charge in [-0.1, -0.05) is 0 Å². The van der Waals surface area contributed by atoms with Crippen LogP contribution in [0.4, 0.5) is 4.39 Å². The number of aromatic nitrogens is 2. The first kappa shape index (κ1) is 24.4. The molecule has 0 saturated heterocycles. The number of aliphatic hydroxyl groups is 1. The summed E-state index contributed by atoms with van der Waals surface area (Å²) in [6.45, 7) is 3.17. The Morgan fingerprint density at radius 2 is 1.95 bits per heavy atom. The Labute approximate surface area is 210 Å². The quantitative estimate of drug-likeness (QED) is 0.326. The minimum Gasteiger partial charge on any atom is -0.489 e. The predicted molar refractivity (Wildman–Crippen MR) is 132 cm³/mol. The fourth-order valence-electron chi connectivity index (χ4n) is 4.42. The lowest BCUT2D eigenvalue weighted by Crippen LogP contribution is -2.40. The number of hydrogen-bond donors (Lipinski definition) is 3. The van der Waals surface area contributed by atoms with Gasteiger partial charge in [-0.2, -0.15) is 0 Å². The highest BCUT2D eigenvalue weighted by molar-refractivity contribution is 5.98. The Bertz CT molecular complexity index is 1600. The first-order valence-corrected chi connectivity index (χ1v) is 11.6. The molecule has 10 heteroatoms. The number of aromatic amines is 1. The number of benzene rings is 2. The van der Waals surface area contributed by atoms with Gasteiger partial charge in [0, 0.05) is 23.1 Å². The van der Waals surface area contributed by atoms with Crippen molar-refractivity contribution in [1.82, 2.24) is 9.97 Å². The van der Waals surface area contributed by atoms with E-state index >= 15 is 0 Å². The Morgan fingerprint density at radius 3 is 2.65 bits per heavy atom. The van der Waals surface area contributed by atoms with Crippen molar-refractivity contribution in [2.24, 2.45) is 5.73 Å². The SMILES string of the molecule is C[C@](O)(CCC(=O)c1ccc2oc(=O)[nH]c2c1)c1cc2c(c(-c3ccc(F)cc3)n1)OC[C@]2(C)C(N)=O. The summed E-state index contributed by atoms with van der Waals surface area (Å²) in [5, 5.41) is 11.4. The number of Topliss-reactive ketones (excluding diaryl/α,β-unsaturated/α-hetero) is 1. The van der Waals surface area contributed by atoms with Crippen molar-refractivity contribution in [3.63, 3.8) is 0 Å². The third-order valence-electron chi connectivity index (χ3n) is 6.87. The Balaban J connectivity index is 1.49. The summed E-state index contributed by atoms with van der Waals surface area (Å²) in [6.07, 6.45) is -0.0244. The van der Waals surface area contributed by atoms with Gasteiger partial charge in [0.05, 0.1) is 11.2 Å². The van der Waals surface area contributed by atoms with Crippen molar-refractivity contribution in [3.05, 3.63) is 81.7 Å². The fourth-order valence-corrected chi connectivity index (χ4v) is 4.42.